The van der Waals surface area contributed by atoms with Crippen molar-refractivity contribution >= 4 is 23.4 Å². The fourth-order valence-electron chi connectivity index (χ4n) is 3.83. The molecule has 1 unspecified atom stereocenters. The number of hydrogen-bond acceptors (Lipinski definition) is 6. The maximum absolute atomic E-state index is 13.4. The Morgan fingerprint density at radius 1 is 1.23 bits per heavy atom. The molecule has 178 valence electrons. The molecule has 0 aliphatic carbocycles. The van der Waals surface area contributed by atoms with E-state index in [0.29, 0.717) is 29.2 Å². The summed E-state index contributed by atoms with van der Waals surface area (Å²) in [7, 11) is 0. The minimum Gasteiger partial charge on any atom is -0.453 e. The molecular weight excluding hydrogens is 451 g/mol. The van der Waals surface area contributed by atoms with Gasteiger partial charge in [0.15, 0.2) is 6.61 Å². The van der Waals surface area contributed by atoms with Gasteiger partial charge in [-0.15, -0.1) is 0 Å². The van der Waals surface area contributed by atoms with Gasteiger partial charge in [-0.05, 0) is 37.1 Å². The van der Waals surface area contributed by atoms with E-state index < -0.39 is 30.4 Å². The molecule has 4 rings (SSSR count). The zero-order chi connectivity index (χ0) is 24.9. The van der Waals surface area contributed by atoms with E-state index in [1.54, 1.807) is 6.07 Å². The highest BCUT2D eigenvalue weighted by molar-refractivity contribution is 6.03. The number of hydrogen-bond donors (Lipinski definition) is 1. The van der Waals surface area contributed by atoms with E-state index in [1.165, 1.54) is 18.2 Å². The van der Waals surface area contributed by atoms with Gasteiger partial charge in [-0.1, -0.05) is 47.6 Å². The molecule has 1 atom stereocenters. The van der Waals surface area contributed by atoms with Crippen LogP contribution in [-0.4, -0.2) is 34.9 Å². The van der Waals surface area contributed by atoms with Crippen molar-refractivity contribution in [3.05, 3.63) is 88.4 Å². The van der Waals surface area contributed by atoms with Crippen LogP contribution in [0.15, 0.2) is 59.8 Å². The van der Waals surface area contributed by atoms with Crippen LogP contribution in [0.5, 0.6) is 0 Å². The molecule has 35 heavy (non-hydrogen) atoms. The van der Waals surface area contributed by atoms with Crippen molar-refractivity contribution in [1.82, 2.24) is 4.57 Å². The molecular formula is C26H23FN4O4. The second-order valence-corrected chi connectivity index (χ2v) is 8.12. The van der Waals surface area contributed by atoms with Crippen molar-refractivity contribution in [2.75, 3.05) is 11.9 Å². The van der Waals surface area contributed by atoms with E-state index in [2.05, 4.69) is 16.5 Å². The molecule has 3 aromatic rings. The average Bonchev–Trinajstić information content (AvgIpc) is 3.43. The number of nitrogens with zero attached hydrogens (tertiary/aromatic N) is 3. The Labute approximate surface area is 201 Å². The lowest BCUT2D eigenvalue weighted by Crippen LogP contribution is -2.29. The molecule has 1 amide bonds. The van der Waals surface area contributed by atoms with Crippen molar-refractivity contribution in [3.8, 4) is 6.07 Å². The Kier molecular flexibility index (Phi) is 6.92. The van der Waals surface area contributed by atoms with Gasteiger partial charge in [0, 0.05) is 24.2 Å². The zero-order valence-corrected chi connectivity index (χ0v) is 19.2. The Morgan fingerprint density at radius 2 is 2.00 bits per heavy atom. The Balaban J connectivity index is 1.39. The summed E-state index contributed by atoms with van der Waals surface area (Å²) in [4.78, 5) is 30.2. The molecule has 0 spiro atoms. The molecule has 2 aromatic carbocycles. The van der Waals surface area contributed by atoms with Gasteiger partial charge in [-0.3, -0.25) is 4.79 Å². The minimum atomic E-state index is -1.03. The second-order valence-electron chi connectivity index (χ2n) is 8.12. The number of rotatable bonds is 7. The van der Waals surface area contributed by atoms with Crippen molar-refractivity contribution < 1.29 is 23.6 Å². The highest BCUT2D eigenvalue weighted by Crippen LogP contribution is 2.27. The van der Waals surface area contributed by atoms with Crippen LogP contribution in [0, 0.1) is 31.0 Å². The van der Waals surface area contributed by atoms with Gasteiger partial charge in [-0.2, -0.15) is 5.26 Å². The molecule has 1 aliphatic heterocycles. The van der Waals surface area contributed by atoms with Crippen molar-refractivity contribution in [2.45, 2.75) is 32.9 Å². The number of aromatic nitrogens is 1. The van der Waals surface area contributed by atoms with Crippen LogP contribution in [0.1, 0.15) is 34.4 Å². The van der Waals surface area contributed by atoms with E-state index in [4.69, 9.17) is 9.57 Å². The lowest BCUT2D eigenvalue weighted by molar-refractivity contribution is -0.157. The molecule has 1 aliphatic rings. The summed E-state index contributed by atoms with van der Waals surface area (Å²) in [6, 6.07) is 17.6. The van der Waals surface area contributed by atoms with E-state index in [9.17, 15) is 19.2 Å². The van der Waals surface area contributed by atoms with Crippen LogP contribution in [0.2, 0.25) is 0 Å². The molecule has 1 N–H and O–H groups in total. The van der Waals surface area contributed by atoms with Crippen LogP contribution >= 0.6 is 0 Å². The average molecular weight is 474 g/mol. The molecule has 0 radical (unpaired) electrons. The molecule has 0 bridgehead atoms. The molecule has 8 nitrogen and oxygen atoms in total. The van der Waals surface area contributed by atoms with Crippen LogP contribution in [0.3, 0.4) is 0 Å². The lowest BCUT2D eigenvalue weighted by atomic mass is 10.1. The number of ether oxygens (including phenoxy) is 1. The van der Waals surface area contributed by atoms with Gasteiger partial charge in [0.1, 0.15) is 17.7 Å². The predicted octanol–water partition coefficient (Wildman–Crippen LogP) is 3.84. The van der Waals surface area contributed by atoms with Gasteiger partial charge < -0.3 is 19.5 Å². The normalized spacial score (nSPS) is 14.6. The van der Waals surface area contributed by atoms with Crippen molar-refractivity contribution in [3.63, 3.8) is 0 Å². The number of carbonyl (C=O) groups is 2. The summed E-state index contributed by atoms with van der Waals surface area (Å²) in [6.45, 7) is 3.59. The van der Waals surface area contributed by atoms with Crippen molar-refractivity contribution in [1.29, 1.82) is 5.26 Å². The first-order valence-corrected chi connectivity index (χ1v) is 11.0. The van der Waals surface area contributed by atoms with E-state index >= 15 is 0 Å². The number of anilines is 1. The summed E-state index contributed by atoms with van der Waals surface area (Å²) < 4.78 is 20.4. The van der Waals surface area contributed by atoms with E-state index in [1.807, 2.05) is 48.7 Å². The van der Waals surface area contributed by atoms with E-state index in [0.717, 1.165) is 16.8 Å². The fraction of sp³-hybridized carbons (Fsp3) is 0.231. The van der Waals surface area contributed by atoms with Gasteiger partial charge >= 0.3 is 5.97 Å². The third-order valence-corrected chi connectivity index (χ3v) is 5.82. The van der Waals surface area contributed by atoms with E-state index in [-0.39, 0.29) is 6.42 Å². The van der Waals surface area contributed by atoms with Crippen LogP contribution < -0.4 is 5.32 Å². The number of benzene rings is 2. The maximum Gasteiger partial charge on any atom is 0.351 e. The third kappa shape index (κ3) is 5.22. The molecule has 2 heterocycles. The summed E-state index contributed by atoms with van der Waals surface area (Å²) in [5, 5.41) is 16.2. The van der Waals surface area contributed by atoms with Gasteiger partial charge in [-0.25, -0.2) is 9.18 Å². The summed E-state index contributed by atoms with van der Waals surface area (Å²) in [6.07, 6.45) is -0.928. The Bertz CT molecular complexity index is 1340. The standard InChI is InChI=1S/C26H23FN4O4/c1-16-17(2)31(14-18-7-4-3-5-8-18)25(21(16)13-28)29-24(32)15-34-26(33)23-12-22(30-35-23)19-9-6-10-20(27)11-19/h3-11,23H,12,14-15H2,1-2H3,(H,29,32). The summed E-state index contributed by atoms with van der Waals surface area (Å²) in [5.41, 5.74) is 3.89. The first-order valence-electron chi connectivity index (χ1n) is 11.0. The van der Waals surface area contributed by atoms with Gasteiger partial charge in [0.05, 0.1) is 11.3 Å². The SMILES string of the molecule is Cc1c(C#N)c(NC(=O)COC(=O)C2CC(c3cccc(F)c3)=NO2)n(Cc2ccccc2)c1C. The fourth-order valence-corrected chi connectivity index (χ4v) is 3.83. The first-order chi connectivity index (χ1) is 16.9. The number of halogens is 1. The number of amides is 1. The second kappa shape index (κ2) is 10.2. The first kappa shape index (κ1) is 23.7. The molecule has 9 heteroatoms. The van der Waals surface area contributed by atoms with Gasteiger partial charge in [0.2, 0.25) is 6.10 Å². The predicted molar refractivity (Wildman–Crippen MR) is 126 cm³/mol. The number of nitriles is 1. The zero-order valence-electron chi connectivity index (χ0n) is 19.2. The molecule has 0 saturated heterocycles. The third-order valence-electron chi connectivity index (χ3n) is 5.82. The quantitative estimate of drug-likeness (QED) is 0.524. The lowest BCUT2D eigenvalue weighted by Gasteiger charge is -2.14. The maximum atomic E-state index is 13.4. The highest BCUT2D eigenvalue weighted by Gasteiger charge is 2.31. The molecule has 0 fully saturated rings. The molecule has 1 aromatic heterocycles. The summed E-state index contributed by atoms with van der Waals surface area (Å²) >= 11 is 0. The topological polar surface area (TPSA) is 106 Å². The van der Waals surface area contributed by atoms with Crippen LogP contribution in [-0.2, 0) is 25.7 Å². The monoisotopic (exact) mass is 474 g/mol. The smallest absolute Gasteiger partial charge is 0.351 e. The number of esters is 1. The van der Waals surface area contributed by atoms with Crippen LogP contribution in [0.25, 0.3) is 0 Å². The largest absolute Gasteiger partial charge is 0.453 e. The number of carbonyl (C=O) groups excluding carboxylic acids is 2. The Hall–Kier alpha value is -4.45. The highest BCUT2D eigenvalue weighted by atomic mass is 19.1. The van der Waals surface area contributed by atoms with Gasteiger partial charge in [0.25, 0.3) is 5.91 Å². The van der Waals surface area contributed by atoms with Crippen molar-refractivity contribution in [2.24, 2.45) is 5.16 Å². The number of oxime groups is 1. The number of nitrogens with one attached hydrogen (secondary N) is 1. The molecule has 0 saturated carbocycles. The van der Waals surface area contributed by atoms with Crippen LogP contribution in [0.4, 0.5) is 10.2 Å². The summed E-state index contributed by atoms with van der Waals surface area (Å²) in [5.74, 6) is -1.43. The minimum absolute atomic E-state index is 0.0980. The Morgan fingerprint density at radius 3 is 2.71 bits per heavy atom.